The quantitative estimate of drug-likeness (QED) is 0.716. The van der Waals surface area contributed by atoms with Crippen LogP contribution < -0.4 is 4.90 Å². The van der Waals surface area contributed by atoms with Crippen molar-refractivity contribution in [2.75, 3.05) is 19.6 Å². The van der Waals surface area contributed by atoms with Crippen molar-refractivity contribution in [3.63, 3.8) is 0 Å². The SMILES string of the molecule is CC1(C)[C@@H]2CC[C@@]1(C)C[NH+](C[C@H](O)Cn1c3ccccc3c3ccccc31)C2. The highest BCUT2D eigenvalue weighted by atomic mass is 16.3. The lowest BCUT2D eigenvalue weighted by molar-refractivity contribution is -0.921. The van der Waals surface area contributed by atoms with Crippen LogP contribution in [-0.2, 0) is 6.54 Å². The van der Waals surface area contributed by atoms with Crippen molar-refractivity contribution in [1.82, 2.24) is 4.57 Å². The minimum Gasteiger partial charge on any atom is -0.385 e. The highest BCUT2D eigenvalue weighted by Gasteiger charge is 2.57. The molecule has 2 aliphatic rings. The summed E-state index contributed by atoms with van der Waals surface area (Å²) in [7, 11) is 0. The topological polar surface area (TPSA) is 29.6 Å². The average molecular weight is 378 g/mol. The molecule has 1 aliphatic carbocycles. The summed E-state index contributed by atoms with van der Waals surface area (Å²) in [5, 5.41) is 13.6. The maximum Gasteiger partial charge on any atom is 0.121 e. The third kappa shape index (κ3) is 2.63. The van der Waals surface area contributed by atoms with Crippen LogP contribution in [0.15, 0.2) is 48.5 Å². The molecule has 1 saturated heterocycles. The summed E-state index contributed by atoms with van der Waals surface area (Å²) in [5.41, 5.74) is 3.31. The molecule has 1 aromatic heterocycles. The van der Waals surface area contributed by atoms with Crippen LogP contribution >= 0.6 is 0 Å². The Balaban J connectivity index is 1.39. The minimum absolute atomic E-state index is 0.321. The van der Waals surface area contributed by atoms with Crippen molar-refractivity contribution in [1.29, 1.82) is 0 Å². The zero-order valence-electron chi connectivity index (χ0n) is 17.4. The fourth-order valence-electron chi connectivity index (χ4n) is 6.28. The highest BCUT2D eigenvalue weighted by Crippen LogP contribution is 2.56. The Bertz CT molecular complexity index is 966. The number of nitrogens with one attached hydrogen (secondary N) is 1. The molecule has 28 heavy (non-hydrogen) atoms. The van der Waals surface area contributed by atoms with Crippen molar-refractivity contribution < 1.29 is 10.0 Å². The fraction of sp³-hybridized carbons (Fsp3) is 0.520. The predicted molar refractivity (Wildman–Crippen MR) is 116 cm³/mol. The van der Waals surface area contributed by atoms with Crippen LogP contribution in [-0.4, -0.2) is 35.4 Å². The molecule has 0 spiro atoms. The van der Waals surface area contributed by atoms with Crippen LogP contribution in [0, 0.1) is 16.7 Å². The zero-order valence-corrected chi connectivity index (χ0v) is 17.4. The van der Waals surface area contributed by atoms with Gasteiger partial charge in [0.2, 0.25) is 0 Å². The van der Waals surface area contributed by atoms with E-state index in [1.807, 2.05) is 0 Å². The summed E-state index contributed by atoms with van der Waals surface area (Å²) >= 11 is 0. The van der Waals surface area contributed by atoms with Crippen LogP contribution in [0.25, 0.3) is 21.8 Å². The molecule has 3 aromatic rings. The molecular weight excluding hydrogens is 344 g/mol. The van der Waals surface area contributed by atoms with Crippen LogP contribution in [0.3, 0.4) is 0 Å². The van der Waals surface area contributed by atoms with Gasteiger partial charge in [0.15, 0.2) is 0 Å². The number of para-hydroxylation sites is 2. The normalized spacial score (nSPS) is 30.1. The molecule has 2 bridgehead atoms. The number of likely N-dealkylation sites (tertiary alicyclic amines) is 1. The van der Waals surface area contributed by atoms with E-state index >= 15 is 0 Å². The monoisotopic (exact) mass is 377 g/mol. The molecule has 2 heterocycles. The summed E-state index contributed by atoms with van der Waals surface area (Å²) in [4.78, 5) is 1.59. The highest BCUT2D eigenvalue weighted by molar-refractivity contribution is 6.07. The first-order valence-electron chi connectivity index (χ1n) is 10.9. The summed E-state index contributed by atoms with van der Waals surface area (Å²) in [6, 6.07) is 17.1. The Kier molecular flexibility index (Phi) is 4.12. The van der Waals surface area contributed by atoms with Gasteiger partial charge in [0.05, 0.1) is 19.6 Å². The largest absolute Gasteiger partial charge is 0.385 e. The molecule has 4 atom stereocenters. The third-order valence-corrected chi connectivity index (χ3v) is 8.39. The molecule has 0 amide bonds. The molecule has 2 N–H and O–H groups in total. The molecule has 1 saturated carbocycles. The second-order valence-electron chi connectivity index (χ2n) is 10.2. The van der Waals surface area contributed by atoms with Gasteiger partial charge in [-0.15, -0.1) is 0 Å². The summed E-state index contributed by atoms with van der Waals surface area (Å²) in [6.45, 7) is 11.3. The van der Waals surface area contributed by atoms with Crippen molar-refractivity contribution in [2.45, 2.75) is 46.3 Å². The van der Waals surface area contributed by atoms with Gasteiger partial charge in [-0.1, -0.05) is 57.2 Å². The lowest BCUT2D eigenvalue weighted by Crippen LogP contribution is -3.16. The lowest BCUT2D eigenvalue weighted by Gasteiger charge is -2.48. The van der Waals surface area contributed by atoms with Gasteiger partial charge in [-0.2, -0.15) is 0 Å². The number of aromatic nitrogens is 1. The van der Waals surface area contributed by atoms with E-state index in [0.717, 1.165) is 12.5 Å². The van der Waals surface area contributed by atoms with Gasteiger partial charge >= 0.3 is 0 Å². The summed E-state index contributed by atoms with van der Waals surface area (Å²) in [6.07, 6.45) is 2.38. The first-order valence-corrected chi connectivity index (χ1v) is 10.9. The van der Waals surface area contributed by atoms with Gasteiger partial charge in [0, 0.05) is 33.1 Å². The van der Waals surface area contributed by atoms with E-state index in [0.29, 0.717) is 17.4 Å². The van der Waals surface area contributed by atoms with E-state index < -0.39 is 0 Å². The van der Waals surface area contributed by atoms with E-state index in [9.17, 15) is 5.11 Å². The van der Waals surface area contributed by atoms with Gasteiger partial charge in [-0.25, -0.2) is 0 Å². The molecule has 1 unspecified atom stereocenters. The Morgan fingerprint density at radius 1 is 1.04 bits per heavy atom. The number of piperidine rings is 1. The number of nitrogens with zero attached hydrogens (tertiary/aromatic N) is 1. The fourth-order valence-corrected chi connectivity index (χ4v) is 6.28. The standard InChI is InChI=1S/C25H32N2O/c1-24(2)18-12-13-25(24,3)17-26(14-18)15-19(28)16-27-22-10-6-4-8-20(22)21-9-5-7-11-23(21)27/h4-11,18-19,28H,12-17H2,1-3H3/p+1/t18-,19+,25+/m1/s1. The molecule has 2 aromatic carbocycles. The van der Waals surface area contributed by atoms with Gasteiger partial charge < -0.3 is 14.6 Å². The Morgan fingerprint density at radius 3 is 2.25 bits per heavy atom. The number of hydrogen-bond donors (Lipinski definition) is 2. The van der Waals surface area contributed by atoms with Gasteiger partial charge in [-0.3, -0.25) is 0 Å². The predicted octanol–water partition coefficient (Wildman–Crippen LogP) is 3.50. The van der Waals surface area contributed by atoms with Crippen LogP contribution in [0.5, 0.6) is 0 Å². The second-order valence-corrected chi connectivity index (χ2v) is 10.2. The average Bonchev–Trinajstić information content (AvgIpc) is 2.99. The Labute approximate surface area is 168 Å². The Morgan fingerprint density at radius 2 is 1.64 bits per heavy atom. The summed E-state index contributed by atoms with van der Waals surface area (Å²) < 4.78 is 2.32. The summed E-state index contributed by atoms with van der Waals surface area (Å²) in [5.74, 6) is 0.793. The number of quaternary nitrogens is 1. The van der Waals surface area contributed by atoms with Crippen molar-refractivity contribution in [2.24, 2.45) is 16.7 Å². The molecule has 5 rings (SSSR count). The first kappa shape index (κ1) is 18.2. The Hall–Kier alpha value is -1.84. The van der Waals surface area contributed by atoms with Crippen LogP contribution in [0.2, 0.25) is 0 Å². The van der Waals surface area contributed by atoms with E-state index in [-0.39, 0.29) is 6.10 Å². The second kappa shape index (κ2) is 6.33. The molecule has 2 fully saturated rings. The van der Waals surface area contributed by atoms with Crippen LogP contribution in [0.1, 0.15) is 33.6 Å². The van der Waals surface area contributed by atoms with Gasteiger partial charge in [0.25, 0.3) is 0 Å². The number of rotatable bonds is 4. The van der Waals surface area contributed by atoms with E-state index in [4.69, 9.17) is 0 Å². The zero-order chi connectivity index (χ0) is 19.5. The molecule has 3 nitrogen and oxygen atoms in total. The third-order valence-electron chi connectivity index (χ3n) is 8.39. The number of hydrogen-bond acceptors (Lipinski definition) is 1. The van der Waals surface area contributed by atoms with Gasteiger partial charge in [-0.05, 0) is 30.4 Å². The van der Waals surface area contributed by atoms with E-state index in [1.165, 1.54) is 47.7 Å². The maximum absolute atomic E-state index is 11.1. The molecule has 0 radical (unpaired) electrons. The smallest absolute Gasteiger partial charge is 0.121 e. The van der Waals surface area contributed by atoms with Crippen LogP contribution in [0.4, 0.5) is 0 Å². The van der Waals surface area contributed by atoms with Crippen molar-refractivity contribution >= 4 is 21.8 Å². The molecule has 3 heteroatoms. The minimum atomic E-state index is -0.321. The molecule has 1 aliphatic heterocycles. The number of aliphatic hydroxyl groups excluding tert-OH is 1. The van der Waals surface area contributed by atoms with E-state index in [2.05, 4.69) is 73.9 Å². The van der Waals surface area contributed by atoms with Crippen molar-refractivity contribution in [3.8, 4) is 0 Å². The molecule has 148 valence electrons. The first-order chi connectivity index (χ1) is 13.4. The van der Waals surface area contributed by atoms with Gasteiger partial charge in [0.1, 0.15) is 12.6 Å². The van der Waals surface area contributed by atoms with Crippen molar-refractivity contribution in [3.05, 3.63) is 48.5 Å². The number of aliphatic hydroxyl groups is 1. The number of fused-ring (bicyclic) bond motifs is 5. The molecular formula is C25H33N2O+. The van der Waals surface area contributed by atoms with E-state index in [1.54, 1.807) is 4.90 Å². The maximum atomic E-state index is 11.1. The number of benzene rings is 2. The lowest BCUT2D eigenvalue weighted by atomic mass is 9.63.